The van der Waals surface area contributed by atoms with Crippen LogP contribution in [-0.2, 0) is 19.7 Å². The van der Waals surface area contributed by atoms with E-state index in [-0.39, 0.29) is 65.5 Å². The number of carbonyl (C=O) groups is 2. The third kappa shape index (κ3) is 12.3. The van der Waals surface area contributed by atoms with Gasteiger partial charge in [0, 0.05) is 0 Å². The second kappa shape index (κ2) is 16.8. The third-order valence-corrected chi connectivity index (χ3v) is 5.77. The summed E-state index contributed by atoms with van der Waals surface area (Å²) in [5, 5.41) is 17.9. The molecule has 0 aromatic carbocycles. The molecule has 0 heterocycles. The number of hydrogen-bond acceptors (Lipinski definition) is 4. The van der Waals surface area contributed by atoms with E-state index in [9.17, 15) is 22.6 Å². The van der Waals surface area contributed by atoms with Crippen LogP contribution in [0.25, 0.3) is 0 Å². The summed E-state index contributed by atoms with van der Waals surface area (Å²) in [7, 11) is -5.01. The maximum absolute atomic E-state index is 11.4. The average molecular weight is 414 g/mol. The van der Waals surface area contributed by atoms with Crippen molar-refractivity contribution in [2.75, 3.05) is 0 Å². The van der Waals surface area contributed by atoms with E-state index in [0.717, 1.165) is 25.7 Å². The Bertz CT molecular complexity index is 497. The second-order valence-corrected chi connectivity index (χ2v) is 8.01. The van der Waals surface area contributed by atoms with E-state index in [4.69, 9.17) is 10.2 Å². The van der Waals surface area contributed by atoms with Crippen molar-refractivity contribution in [2.24, 2.45) is 0 Å². The summed E-state index contributed by atoms with van der Waals surface area (Å²) in [6, 6.07) is 0. The van der Waals surface area contributed by atoms with Crippen molar-refractivity contribution in [2.45, 2.75) is 88.7 Å². The standard InChI is InChI=1S/C16H30O7S.2Na.2H/c1-2-3-4-5-6-7-8-9-10-11-12-16(15(19)20,13-14(17)18)24(21,22)23;;;;/h2-13H2,1H3,(H,17,18)(H,19,20)(H,21,22,23);;;;. The molecule has 0 fully saturated rings. The van der Waals surface area contributed by atoms with E-state index in [2.05, 4.69) is 6.92 Å². The minimum absolute atomic E-state index is 0. The van der Waals surface area contributed by atoms with Gasteiger partial charge < -0.3 is 10.2 Å². The Morgan fingerprint density at radius 2 is 1.19 bits per heavy atom. The van der Waals surface area contributed by atoms with E-state index in [1.165, 1.54) is 25.7 Å². The number of carboxylic acid groups (broad SMARTS) is 2. The molecule has 0 saturated carbocycles. The van der Waals surface area contributed by atoms with Gasteiger partial charge in [-0.15, -0.1) is 0 Å². The molecule has 26 heavy (non-hydrogen) atoms. The first-order valence-corrected chi connectivity index (χ1v) is 10.0. The molecule has 1 atom stereocenters. The van der Waals surface area contributed by atoms with E-state index >= 15 is 0 Å². The van der Waals surface area contributed by atoms with Gasteiger partial charge in [-0.3, -0.25) is 14.1 Å². The van der Waals surface area contributed by atoms with E-state index < -0.39 is 39.6 Å². The Morgan fingerprint density at radius 1 is 0.808 bits per heavy atom. The van der Waals surface area contributed by atoms with Crippen LogP contribution in [0, 0.1) is 0 Å². The van der Waals surface area contributed by atoms with E-state index in [0.29, 0.717) is 6.42 Å². The van der Waals surface area contributed by atoms with Crippen molar-refractivity contribution in [3.05, 3.63) is 0 Å². The molecule has 0 saturated heterocycles. The Labute approximate surface area is 201 Å². The van der Waals surface area contributed by atoms with Gasteiger partial charge in [-0.05, 0) is 6.42 Å². The average Bonchev–Trinajstić information content (AvgIpc) is 2.46. The molecule has 0 amide bonds. The number of carboxylic acids is 2. The number of rotatable bonds is 15. The zero-order valence-electron chi connectivity index (χ0n) is 14.4. The van der Waals surface area contributed by atoms with Gasteiger partial charge in [-0.2, -0.15) is 8.42 Å². The molecule has 0 spiro atoms. The summed E-state index contributed by atoms with van der Waals surface area (Å²) in [5.74, 6) is -3.38. The summed E-state index contributed by atoms with van der Waals surface area (Å²) in [6.45, 7) is 2.16. The SMILES string of the molecule is CCCCCCCCCCCCC(CC(=O)O)(C(=O)O)S(=O)(=O)O.[NaH].[NaH]. The number of unbranched alkanes of at least 4 members (excludes halogenated alkanes) is 9. The van der Waals surface area contributed by atoms with Crippen LogP contribution in [-0.4, -0.2) is 99.0 Å². The zero-order valence-corrected chi connectivity index (χ0v) is 15.2. The van der Waals surface area contributed by atoms with Crippen LogP contribution in [0.5, 0.6) is 0 Å². The Balaban J connectivity index is -0.00000264. The molecule has 1 unspecified atom stereocenters. The summed E-state index contributed by atoms with van der Waals surface area (Å²) in [4.78, 5) is 22.1. The van der Waals surface area contributed by atoms with Gasteiger partial charge in [-0.25, -0.2) is 0 Å². The van der Waals surface area contributed by atoms with Crippen LogP contribution in [0.2, 0.25) is 0 Å². The maximum atomic E-state index is 11.4. The summed E-state index contributed by atoms with van der Waals surface area (Å²) in [5.41, 5.74) is 0. The van der Waals surface area contributed by atoms with Gasteiger partial charge in [0.25, 0.3) is 10.1 Å². The number of aliphatic carboxylic acids is 2. The topological polar surface area (TPSA) is 129 Å². The fourth-order valence-electron chi connectivity index (χ4n) is 2.74. The summed E-state index contributed by atoms with van der Waals surface area (Å²) < 4.78 is 29.4. The van der Waals surface area contributed by atoms with Crippen molar-refractivity contribution in [1.29, 1.82) is 0 Å². The van der Waals surface area contributed by atoms with Gasteiger partial charge in [0.1, 0.15) is 0 Å². The predicted octanol–water partition coefficient (Wildman–Crippen LogP) is 2.19. The van der Waals surface area contributed by atoms with Gasteiger partial charge >= 0.3 is 71.1 Å². The van der Waals surface area contributed by atoms with Crippen LogP contribution >= 0.6 is 0 Å². The molecule has 3 N–H and O–H groups in total. The number of hydrogen-bond donors (Lipinski definition) is 3. The molecule has 146 valence electrons. The van der Waals surface area contributed by atoms with Gasteiger partial charge in [0.15, 0.2) is 0 Å². The van der Waals surface area contributed by atoms with Gasteiger partial charge in [-0.1, -0.05) is 71.1 Å². The summed E-state index contributed by atoms with van der Waals surface area (Å²) >= 11 is 0. The molecule has 0 radical (unpaired) electrons. The molecule has 10 heteroatoms. The fraction of sp³-hybridized carbons (Fsp3) is 0.875. The van der Waals surface area contributed by atoms with Crippen molar-refractivity contribution < 1.29 is 32.8 Å². The van der Waals surface area contributed by atoms with Crippen LogP contribution in [0.3, 0.4) is 0 Å². The Hall–Kier alpha value is 0.850. The van der Waals surface area contributed by atoms with E-state index in [1.54, 1.807) is 0 Å². The summed E-state index contributed by atoms with van der Waals surface area (Å²) in [6.07, 6.45) is 8.27. The van der Waals surface area contributed by atoms with Gasteiger partial charge in [0.05, 0.1) is 6.42 Å². The quantitative estimate of drug-likeness (QED) is 0.213. The molecule has 0 aliphatic carbocycles. The molecule has 0 aliphatic heterocycles. The monoisotopic (exact) mass is 414 g/mol. The second-order valence-electron chi connectivity index (χ2n) is 6.28. The third-order valence-electron chi connectivity index (χ3n) is 4.25. The van der Waals surface area contributed by atoms with Crippen molar-refractivity contribution in [3.63, 3.8) is 0 Å². The first-order chi connectivity index (χ1) is 11.2. The van der Waals surface area contributed by atoms with Crippen LogP contribution in [0.4, 0.5) is 0 Å². The minimum atomic E-state index is -5.01. The molecule has 0 aliphatic rings. The molecule has 0 rings (SSSR count). The van der Waals surface area contributed by atoms with E-state index in [1.807, 2.05) is 0 Å². The molecular formula is C16H32Na2O7S. The molecular weight excluding hydrogens is 382 g/mol. The van der Waals surface area contributed by atoms with Crippen LogP contribution in [0.15, 0.2) is 0 Å². The normalized spacial score (nSPS) is 13.2. The Morgan fingerprint density at radius 3 is 1.50 bits per heavy atom. The first kappa shape index (κ1) is 31.5. The molecule has 0 bridgehead atoms. The molecule has 0 aromatic heterocycles. The van der Waals surface area contributed by atoms with Crippen LogP contribution < -0.4 is 0 Å². The first-order valence-electron chi connectivity index (χ1n) is 8.59. The Kier molecular flexibility index (Phi) is 20.3. The fourth-order valence-corrected chi connectivity index (χ4v) is 3.67. The molecule has 0 aromatic rings. The van der Waals surface area contributed by atoms with Crippen molar-refractivity contribution >= 4 is 81.2 Å². The predicted molar refractivity (Wildman–Crippen MR) is 105 cm³/mol. The molecule has 7 nitrogen and oxygen atoms in total. The van der Waals surface area contributed by atoms with Crippen molar-refractivity contribution in [1.82, 2.24) is 0 Å². The zero-order chi connectivity index (χ0) is 18.6. The van der Waals surface area contributed by atoms with Gasteiger partial charge in [0.2, 0.25) is 4.75 Å². The van der Waals surface area contributed by atoms with Crippen LogP contribution in [0.1, 0.15) is 84.0 Å². The van der Waals surface area contributed by atoms with Crippen molar-refractivity contribution in [3.8, 4) is 0 Å².